The van der Waals surface area contributed by atoms with Crippen LogP contribution in [0, 0.1) is 11.3 Å². The largest absolute Gasteiger partial charge is 0.480 e. The summed E-state index contributed by atoms with van der Waals surface area (Å²) < 4.78 is 0. The molecule has 1 amide bonds. The first-order chi connectivity index (χ1) is 5.78. The molecule has 0 saturated carbocycles. The highest BCUT2D eigenvalue weighted by molar-refractivity contribution is 5.85. The first kappa shape index (κ1) is 11.9. The van der Waals surface area contributed by atoms with Gasteiger partial charge in [-0.1, -0.05) is 27.7 Å². The SMILES string of the molecule is CC(C)C(C)(C)C(=O)NCC(=O)O. The van der Waals surface area contributed by atoms with Gasteiger partial charge >= 0.3 is 5.97 Å². The predicted molar refractivity (Wildman–Crippen MR) is 49.3 cm³/mol. The molecule has 0 aliphatic carbocycles. The van der Waals surface area contributed by atoms with Crippen molar-refractivity contribution in [1.82, 2.24) is 5.32 Å². The van der Waals surface area contributed by atoms with Gasteiger partial charge in [0, 0.05) is 5.41 Å². The Morgan fingerprint density at radius 2 is 1.85 bits per heavy atom. The smallest absolute Gasteiger partial charge is 0.322 e. The zero-order valence-electron chi connectivity index (χ0n) is 8.55. The van der Waals surface area contributed by atoms with Crippen LogP contribution in [0.2, 0.25) is 0 Å². The summed E-state index contributed by atoms with van der Waals surface area (Å²) in [4.78, 5) is 21.6. The minimum absolute atomic E-state index is 0.182. The van der Waals surface area contributed by atoms with Crippen molar-refractivity contribution in [3.8, 4) is 0 Å². The Bertz CT molecular complexity index is 209. The normalized spacial score (nSPS) is 11.5. The first-order valence-electron chi connectivity index (χ1n) is 4.28. The van der Waals surface area contributed by atoms with Gasteiger partial charge in [-0.05, 0) is 5.92 Å². The molecule has 0 atom stereocenters. The van der Waals surface area contributed by atoms with Crippen LogP contribution in [0.4, 0.5) is 0 Å². The lowest BCUT2D eigenvalue weighted by Crippen LogP contribution is -2.42. The van der Waals surface area contributed by atoms with E-state index in [0.717, 1.165) is 0 Å². The highest BCUT2D eigenvalue weighted by Crippen LogP contribution is 2.25. The van der Waals surface area contributed by atoms with E-state index in [1.165, 1.54) is 0 Å². The topological polar surface area (TPSA) is 66.4 Å². The summed E-state index contributed by atoms with van der Waals surface area (Å²) in [5.41, 5.74) is -0.518. The Morgan fingerprint density at radius 3 is 2.15 bits per heavy atom. The third-order valence-electron chi connectivity index (χ3n) is 2.43. The second-order valence-corrected chi connectivity index (χ2v) is 3.95. The zero-order valence-corrected chi connectivity index (χ0v) is 8.55. The van der Waals surface area contributed by atoms with Gasteiger partial charge < -0.3 is 10.4 Å². The lowest BCUT2D eigenvalue weighted by Gasteiger charge is -2.27. The number of hydrogen-bond donors (Lipinski definition) is 2. The van der Waals surface area contributed by atoms with E-state index in [4.69, 9.17) is 5.11 Å². The molecule has 4 nitrogen and oxygen atoms in total. The van der Waals surface area contributed by atoms with Crippen molar-refractivity contribution < 1.29 is 14.7 Å². The van der Waals surface area contributed by atoms with Gasteiger partial charge in [0.05, 0.1) is 0 Å². The quantitative estimate of drug-likeness (QED) is 0.686. The Morgan fingerprint density at radius 1 is 1.38 bits per heavy atom. The van der Waals surface area contributed by atoms with Crippen LogP contribution in [-0.4, -0.2) is 23.5 Å². The molecule has 2 N–H and O–H groups in total. The van der Waals surface area contributed by atoms with Gasteiger partial charge in [0.15, 0.2) is 0 Å². The van der Waals surface area contributed by atoms with Crippen molar-refractivity contribution in [2.75, 3.05) is 6.54 Å². The summed E-state index contributed by atoms with van der Waals surface area (Å²) in [6, 6.07) is 0. The zero-order chi connectivity index (χ0) is 10.6. The van der Waals surface area contributed by atoms with E-state index in [1.54, 1.807) is 13.8 Å². The molecule has 0 fully saturated rings. The fourth-order valence-corrected chi connectivity index (χ4v) is 0.646. The molecule has 76 valence electrons. The summed E-state index contributed by atoms with van der Waals surface area (Å²) in [6.07, 6.45) is 0. The van der Waals surface area contributed by atoms with Crippen molar-refractivity contribution in [1.29, 1.82) is 0 Å². The summed E-state index contributed by atoms with van der Waals surface area (Å²) >= 11 is 0. The van der Waals surface area contributed by atoms with Crippen LogP contribution in [0.1, 0.15) is 27.7 Å². The van der Waals surface area contributed by atoms with E-state index >= 15 is 0 Å². The number of hydrogen-bond acceptors (Lipinski definition) is 2. The highest BCUT2D eigenvalue weighted by Gasteiger charge is 2.30. The van der Waals surface area contributed by atoms with Gasteiger partial charge in [-0.25, -0.2) is 0 Å². The van der Waals surface area contributed by atoms with Crippen molar-refractivity contribution in [2.24, 2.45) is 11.3 Å². The molecular weight excluding hydrogens is 170 g/mol. The maximum Gasteiger partial charge on any atom is 0.322 e. The number of carboxylic acid groups (broad SMARTS) is 1. The molecule has 13 heavy (non-hydrogen) atoms. The third-order valence-corrected chi connectivity index (χ3v) is 2.43. The fraction of sp³-hybridized carbons (Fsp3) is 0.778. The van der Waals surface area contributed by atoms with Crippen LogP contribution in [0.5, 0.6) is 0 Å². The number of carboxylic acids is 1. The standard InChI is InChI=1S/C9H17NO3/c1-6(2)9(3,4)8(13)10-5-7(11)12/h6H,5H2,1-4H3,(H,10,13)(H,11,12). The van der Waals surface area contributed by atoms with Gasteiger partial charge in [-0.3, -0.25) is 9.59 Å². The monoisotopic (exact) mass is 187 g/mol. The number of aliphatic carboxylic acids is 1. The van der Waals surface area contributed by atoms with Crippen molar-refractivity contribution in [3.05, 3.63) is 0 Å². The van der Waals surface area contributed by atoms with E-state index < -0.39 is 11.4 Å². The van der Waals surface area contributed by atoms with Gasteiger partial charge in [0.2, 0.25) is 5.91 Å². The van der Waals surface area contributed by atoms with Crippen LogP contribution in [0.25, 0.3) is 0 Å². The Hall–Kier alpha value is -1.06. The molecule has 0 radical (unpaired) electrons. The molecule has 0 aromatic carbocycles. The Kier molecular flexibility index (Phi) is 3.91. The van der Waals surface area contributed by atoms with Crippen LogP contribution in [0.15, 0.2) is 0 Å². The van der Waals surface area contributed by atoms with E-state index in [0.29, 0.717) is 0 Å². The Balaban J connectivity index is 4.18. The second kappa shape index (κ2) is 4.25. The molecule has 0 aromatic rings. The lowest BCUT2D eigenvalue weighted by molar-refractivity contribution is -0.140. The third kappa shape index (κ3) is 3.44. The fourth-order valence-electron chi connectivity index (χ4n) is 0.646. The number of carbonyl (C=O) groups is 2. The predicted octanol–water partition coefficient (Wildman–Crippen LogP) is 0.869. The molecule has 0 unspecified atom stereocenters. The van der Waals surface area contributed by atoms with Crippen molar-refractivity contribution >= 4 is 11.9 Å². The minimum atomic E-state index is -1.02. The average molecular weight is 187 g/mol. The summed E-state index contributed by atoms with van der Waals surface area (Å²) in [6.45, 7) is 7.15. The van der Waals surface area contributed by atoms with Crippen LogP contribution < -0.4 is 5.32 Å². The summed E-state index contributed by atoms with van der Waals surface area (Å²) in [5.74, 6) is -1.06. The molecule has 0 aromatic heterocycles. The van der Waals surface area contributed by atoms with Gasteiger partial charge in [0.25, 0.3) is 0 Å². The molecular formula is C9H17NO3. The number of carbonyl (C=O) groups excluding carboxylic acids is 1. The maximum absolute atomic E-state index is 11.4. The van der Waals surface area contributed by atoms with Gasteiger partial charge in [-0.15, -0.1) is 0 Å². The Labute approximate surface area is 78.3 Å². The number of nitrogens with one attached hydrogen (secondary N) is 1. The van der Waals surface area contributed by atoms with E-state index in [2.05, 4.69) is 5.32 Å². The first-order valence-corrected chi connectivity index (χ1v) is 4.28. The number of amides is 1. The second-order valence-electron chi connectivity index (χ2n) is 3.95. The van der Waals surface area contributed by atoms with Crippen molar-refractivity contribution in [3.63, 3.8) is 0 Å². The summed E-state index contributed by atoms with van der Waals surface area (Å²) in [5, 5.41) is 10.7. The van der Waals surface area contributed by atoms with E-state index in [9.17, 15) is 9.59 Å². The molecule has 0 heterocycles. The van der Waals surface area contributed by atoms with Gasteiger partial charge in [0.1, 0.15) is 6.54 Å². The van der Waals surface area contributed by atoms with Crippen molar-refractivity contribution in [2.45, 2.75) is 27.7 Å². The van der Waals surface area contributed by atoms with Crippen LogP contribution >= 0.6 is 0 Å². The van der Waals surface area contributed by atoms with E-state index in [1.807, 2.05) is 13.8 Å². The summed E-state index contributed by atoms with van der Waals surface area (Å²) in [7, 11) is 0. The van der Waals surface area contributed by atoms with Gasteiger partial charge in [-0.2, -0.15) is 0 Å². The molecule has 4 heteroatoms. The van der Waals surface area contributed by atoms with Crippen LogP contribution in [-0.2, 0) is 9.59 Å². The molecule has 0 aliphatic heterocycles. The molecule has 0 bridgehead atoms. The molecule has 0 spiro atoms. The maximum atomic E-state index is 11.4. The minimum Gasteiger partial charge on any atom is -0.480 e. The molecule has 0 aliphatic rings. The molecule has 0 rings (SSSR count). The lowest BCUT2D eigenvalue weighted by atomic mass is 9.80. The highest BCUT2D eigenvalue weighted by atomic mass is 16.4. The average Bonchev–Trinajstić information content (AvgIpc) is 1.99. The number of rotatable bonds is 4. The van der Waals surface area contributed by atoms with Crippen LogP contribution in [0.3, 0.4) is 0 Å². The van der Waals surface area contributed by atoms with E-state index in [-0.39, 0.29) is 18.4 Å². The molecule has 0 saturated heterocycles.